The summed E-state index contributed by atoms with van der Waals surface area (Å²) in [7, 11) is 0. The summed E-state index contributed by atoms with van der Waals surface area (Å²) >= 11 is 13.3. The molecule has 2 nitrogen and oxygen atoms in total. The van der Waals surface area contributed by atoms with Gasteiger partial charge in [-0.1, -0.05) is 29.3 Å². The summed E-state index contributed by atoms with van der Waals surface area (Å²) in [5.74, 6) is 0. The zero-order valence-electron chi connectivity index (χ0n) is 7.14. The van der Waals surface area contributed by atoms with Crippen LogP contribution in [0.4, 0.5) is 0 Å². The number of nitrogens with two attached hydrogens (primary N) is 1. The minimum absolute atomic E-state index is 0.0754. The Labute approximate surface area is 106 Å². The van der Waals surface area contributed by atoms with Gasteiger partial charge >= 0.3 is 0 Å². The van der Waals surface area contributed by atoms with E-state index in [4.69, 9.17) is 28.9 Å². The zero-order valence-corrected chi connectivity index (χ0v) is 10.8. The van der Waals surface area contributed by atoms with Gasteiger partial charge in [0.2, 0.25) is 3.79 Å². The van der Waals surface area contributed by atoms with E-state index in [9.17, 15) is 4.79 Å². The van der Waals surface area contributed by atoms with Gasteiger partial charge in [-0.05, 0) is 24.1 Å². The maximum atomic E-state index is 10.9. The number of rotatable bonds is 3. The first-order valence-electron chi connectivity index (χ1n) is 3.89. The van der Waals surface area contributed by atoms with Gasteiger partial charge in [0.05, 0.1) is 6.04 Å². The number of hydrogen-bond acceptors (Lipinski definition) is 2. The third-order valence-corrected chi connectivity index (χ3v) is 3.13. The van der Waals surface area contributed by atoms with E-state index in [-0.39, 0.29) is 3.79 Å². The molecule has 1 rings (SSSR count). The fourth-order valence-electron chi connectivity index (χ4n) is 1.00. The maximum Gasteiger partial charge on any atom is 0.209 e. The summed E-state index contributed by atoms with van der Waals surface area (Å²) in [6.07, 6.45) is 0.442. The van der Waals surface area contributed by atoms with Crippen LogP contribution < -0.4 is 5.73 Å². The molecule has 0 aliphatic carbocycles. The molecule has 0 heterocycles. The quantitative estimate of drug-likeness (QED) is 0.677. The summed E-state index contributed by atoms with van der Waals surface area (Å²) < 4.78 is -0.0754. The first kappa shape index (κ1) is 12.2. The molecule has 0 aliphatic rings. The Kier molecular flexibility index (Phi) is 4.63. The van der Waals surface area contributed by atoms with Crippen LogP contribution >= 0.6 is 45.8 Å². The first-order chi connectivity index (χ1) is 6.50. The van der Waals surface area contributed by atoms with E-state index in [0.717, 1.165) is 5.56 Å². The van der Waals surface area contributed by atoms with Crippen molar-refractivity contribution in [3.8, 4) is 0 Å². The Morgan fingerprint density at radius 2 is 2.14 bits per heavy atom. The molecular formula is C9H8Cl2INO. The van der Waals surface area contributed by atoms with Gasteiger partial charge in [-0.25, -0.2) is 0 Å². The molecule has 0 unspecified atom stereocenters. The number of carbonyl (C=O) groups is 1. The highest BCUT2D eigenvalue weighted by atomic mass is 127. The van der Waals surface area contributed by atoms with Crippen molar-refractivity contribution < 1.29 is 4.79 Å². The van der Waals surface area contributed by atoms with E-state index in [1.54, 1.807) is 40.8 Å². The molecule has 14 heavy (non-hydrogen) atoms. The molecule has 0 radical (unpaired) electrons. The van der Waals surface area contributed by atoms with E-state index in [2.05, 4.69) is 0 Å². The lowest BCUT2D eigenvalue weighted by molar-refractivity contribution is -0.110. The van der Waals surface area contributed by atoms with Gasteiger partial charge in [0.1, 0.15) is 0 Å². The first-order valence-corrected chi connectivity index (χ1v) is 5.73. The predicted octanol–water partition coefficient (Wildman–Crippen LogP) is 2.82. The minimum Gasteiger partial charge on any atom is -0.321 e. The molecule has 1 atom stereocenters. The van der Waals surface area contributed by atoms with Gasteiger partial charge < -0.3 is 5.73 Å². The van der Waals surface area contributed by atoms with E-state index < -0.39 is 6.04 Å². The van der Waals surface area contributed by atoms with Crippen LogP contribution in [0.15, 0.2) is 18.2 Å². The normalized spacial score (nSPS) is 12.6. The van der Waals surface area contributed by atoms with Gasteiger partial charge in [0.15, 0.2) is 0 Å². The second-order valence-corrected chi connectivity index (χ2v) is 4.76. The molecule has 0 saturated heterocycles. The largest absolute Gasteiger partial charge is 0.321 e. The van der Waals surface area contributed by atoms with Crippen molar-refractivity contribution in [1.29, 1.82) is 0 Å². The Hall–Kier alpha value is 0.160. The van der Waals surface area contributed by atoms with Crippen LogP contribution in [-0.4, -0.2) is 9.83 Å². The molecule has 0 aromatic heterocycles. The molecule has 0 bridgehead atoms. The Morgan fingerprint density at radius 1 is 1.50 bits per heavy atom. The average Bonchev–Trinajstić information content (AvgIpc) is 2.09. The molecule has 0 spiro atoms. The Bertz CT molecular complexity index is 357. The second kappa shape index (κ2) is 5.30. The highest BCUT2D eigenvalue weighted by Crippen LogP contribution is 2.22. The lowest BCUT2D eigenvalue weighted by atomic mass is 10.1. The van der Waals surface area contributed by atoms with E-state index >= 15 is 0 Å². The standard InChI is InChI=1S/C9H8Cl2INO/c10-6-2-1-5(7(11)4-6)3-8(13)9(12)14/h1-2,4,8H,3,13H2/t8-/m1/s1. The van der Waals surface area contributed by atoms with Crippen molar-refractivity contribution in [3.05, 3.63) is 33.8 Å². The van der Waals surface area contributed by atoms with Crippen molar-refractivity contribution in [2.24, 2.45) is 5.73 Å². The molecule has 1 aromatic carbocycles. The van der Waals surface area contributed by atoms with Crippen molar-refractivity contribution in [2.75, 3.05) is 0 Å². The van der Waals surface area contributed by atoms with Crippen LogP contribution in [0.3, 0.4) is 0 Å². The monoisotopic (exact) mass is 343 g/mol. The highest BCUT2D eigenvalue weighted by Gasteiger charge is 2.12. The fraction of sp³-hybridized carbons (Fsp3) is 0.222. The van der Waals surface area contributed by atoms with Gasteiger partial charge in [-0.3, -0.25) is 4.79 Å². The third-order valence-electron chi connectivity index (χ3n) is 1.75. The van der Waals surface area contributed by atoms with Crippen LogP contribution in [0.5, 0.6) is 0 Å². The van der Waals surface area contributed by atoms with Gasteiger partial charge in [-0.15, -0.1) is 0 Å². The highest BCUT2D eigenvalue weighted by molar-refractivity contribution is 14.1. The van der Waals surface area contributed by atoms with Crippen molar-refractivity contribution in [2.45, 2.75) is 12.5 Å². The number of hydrogen-bond donors (Lipinski definition) is 1. The van der Waals surface area contributed by atoms with Crippen LogP contribution in [-0.2, 0) is 11.2 Å². The number of carbonyl (C=O) groups excluding carboxylic acids is 1. The van der Waals surface area contributed by atoms with Crippen molar-refractivity contribution in [1.82, 2.24) is 0 Å². The summed E-state index contributed by atoms with van der Waals surface area (Å²) in [5.41, 5.74) is 6.45. The zero-order chi connectivity index (χ0) is 10.7. The van der Waals surface area contributed by atoms with E-state index in [0.29, 0.717) is 16.5 Å². The average molecular weight is 344 g/mol. The lowest BCUT2D eigenvalue weighted by Crippen LogP contribution is -2.28. The van der Waals surface area contributed by atoms with Crippen LogP contribution in [0.2, 0.25) is 10.0 Å². The van der Waals surface area contributed by atoms with Crippen molar-refractivity contribution in [3.63, 3.8) is 0 Å². The smallest absolute Gasteiger partial charge is 0.209 e. The molecule has 76 valence electrons. The van der Waals surface area contributed by atoms with Crippen LogP contribution in [0, 0.1) is 0 Å². The summed E-state index contributed by atoms with van der Waals surface area (Å²) in [6.45, 7) is 0. The number of halogens is 3. The summed E-state index contributed by atoms with van der Waals surface area (Å²) in [6, 6.07) is 4.65. The van der Waals surface area contributed by atoms with Gasteiger partial charge in [0.25, 0.3) is 0 Å². The van der Waals surface area contributed by atoms with E-state index in [1.165, 1.54) is 0 Å². The Morgan fingerprint density at radius 3 is 2.64 bits per heavy atom. The molecule has 2 N–H and O–H groups in total. The third kappa shape index (κ3) is 3.38. The number of benzene rings is 1. The van der Waals surface area contributed by atoms with Crippen LogP contribution in [0.1, 0.15) is 5.56 Å². The van der Waals surface area contributed by atoms with E-state index in [1.807, 2.05) is 0 Å². The fourth-order valence-corrected chi connectivity index (χ4v) is 1.71. The molecule has 0 amide bonds. The maximum absolute atomic E-state index is 10.9. The Balaban J connectivity index is 2.82. The SMILES string of the molecule is N[C@H](Cc1ccc(Cl)cc1Cl)C(=O)I. The summed E-state index contributed by atoms with van der Waals surface area (Å²) in [4.78, 5) is 10.9. The molecule has 0 fully saturated rings. The van der Waals surface area contributed by atoms with Gasteiger partial charge in [0, 0.05) is 32.6 Å². The minimum atomic E-state index is -0.505. The molecule has 0 aliphatic heterocycles. The van der Waals surface area contributed by atoms with Gasteiger partial charge in [-0.2, -0.15) is 0 Å². The summed E-state index contributed by atoms with van der Waals surface area (Å²) in [5, 5.41) is 1.12. The molecule has 5 heteroatoms. The van der Waals surface area contributed by atoms with Crippen LogP contribution in [0.25, 0.3) is 0 Å². The molecule has 1 aromatic rings. The molecule has 0 saturated carbocycles. The lowest BCUT2D eigenvalue weighted by Gasteiger charge is -2.08. The second-order valence-electron chi connectivity index (χ2n) is 2.85. The topological polar surface area (TPSA) is 43.1 Å². The van der Waals surface area contributed by atoms with Crippen molar-refractivity contribution >= 4 is 49.6 Å². The predicted molar refractivity (Wildman–Crippen MR) is 67.2 cm³/mol. The molecular weight excluding hydrogens is 336 g/mol.